The SMILES string of the molecule is CCOC(=O)C1(C(C)=O)CC1CC. The van der Waals surface area contributed by atoms with E-state index >= 15 is 0 Å². The highest BCUT2D eigenvalue weighted by Gasteiger charge is 2.63. The Morgan fingerprint density at radius 3 is 2.38 bits per heavy atom. The van der Waals surface area contributed by atoms with E-state index in [1.807, 2.05) is 6.92 Å². The zero-order valence-corrected chi connectivity index (χ0v) is 8.42. The predicted molar refractivity (Wildman–Crippen MR) is 48.1 cm³/mol. The molecule has 0 N–H and O–H groups in total. The predicted octanol–water partition coefficient (Wildman–Crippen LogP) is 1.55. The van der Waals surface area contributed by atoms with E-state index in [2.05, 4.69) is 0 Å². The van der Waals surface area contributed by atoms with Gasteiger partial charge in [0.05, 0.1) is 6.61 Å². The van der Waals surface area contributed by atoms with Gasteiger partial charge in [-0.25, -0.2) is 0 Å². The zero-order chi connectivity index (χ0) is 10.1. The van der Waals surface area contributed by atoms with Crippen LogP contribution in [0.3, 0.4) is 0 Å². The fourth-order valence-corrected chi connectivity index (χ4v) is 1.91. The first kappa shape index (κ1) is 10.2. The number of carbonyl (C=O) groups excluding carboxylic acids is 2. The molecular weight excluding hydrogens is 168 g/mol. The van der Waals surface area contributed by atoms with Crippen molar-refractivity contribution in [3.8, 4) is 0 Å². The van der Waals surface area contributed by atoms with Gasteiger partial charge in [-0.05, 0) is 26.2 Å². The van der Waals surface area contributed by atoms with Crippen molar-refractivity contribution in [3.63, 3.8) is 0 Å². The molecule has 1 fully saturated rings. The van der Waals surface area contributed by atoms with Crippen LogP contribution in [0.5, 0.6) is 0 Å². The lowest BCUT2D eigenvalue weighted by Crippen LogP contribution is -2.28. The summed E-state index contributed by atoms with van der Waals surface area (Å²) in [5.41, 5.74) is -0.773. The molecule has 0 aliphatic heterocycles. The van der Waals surface area contributed by atoms with Gasteiger partial charge >= 0.3 is 5.97 Å². The molecule has 0 bridgehead atoms. The van der Waals surface area contributed by atoms with Crippen LogP contribution in [-0.4, -0.2) is 18.4 Å². The molecule has 3 heteroatoms. The number of hydrogen-bond donors (Lipinski definition) is 0. The summed E-state index contributed by atoms with van der Waals surface area (Å²) in [6, 6.07) is 0. The maximum absolute atomic E-state index is 11.5. The average Bonchev–Trinajstić information content (AvgIpc) is 2.79. The molecule has 74 valence electrons. The number of esters is 1. The Labute approximate surface area is 78.5 Å². The molecule has 0 radical (unpaired) electrons. The second-order valence-corrected chi connectivity index (χ2v) is 3.56. The van der Waals surface area contributed by atoms with Crippen LogP contribution in [0.15, 0.2) is 0 Å². The van der Waals surface area contributed by atoms with Crippen LogP contribution in [0.4, 0.5) is 0 Å². The summed E-state index contributed by atoms with van der Waals surface area (Å²) in [6.07, 6.45) is 1.55. The quantitative estimate of drug-likeness (QED) is 0.492. The third-order valence-electron chi connectivity index (χ3n) is 2.87. The lowest BCUT2D eigenvalue weighted by atomic mass is 9.98. The third kappa shape index (κ3) is 1.47. The van der Waals surface area contributed by atoms with Gasteiger partial charge in [-0.3, -0.25) is 9.59 Å². The Kier molecular flexibility index (Phi) is 2.74. The molecule has 0 aromatic heterocycles. The fourth-order valence-electron chi connectivity index (χ4n) is 1.91. The molecule has 1 rings (SSSR count). The van der Waals surface area contributed by atoms with Gasteiger partial charge in [0, 0.05) is 0 Å². The summed E-state index contributed by atoms with van der Waals surface area (Å²) in [6.45, 7) is 5.58. The number of hydrogen-bond acceptors (Lipinski definition) is 3. The van der Waals surface area contributed by atoms with Crippen LogP contribution >= 0.6 is 0 Å². The molecule has 0 aromatic rings. The Bertz CT molecular complexity index is 234. The molecule has 1 aliphatic carbocycles. The van der Waals surface area contributed by atoms with E-state index in [1.54, 1.807) is 6.92 Å². The molecular formula is C10H16O3. The van der Waals surface area contributed by atoms with Crippen molar-refractivity contribution in [2.75, 3.05) is 6.61 Å². The van der Waals surface area contributed by atoms with Crippen LogP contribution in [-0.2, 0) is 14.3 Å². The monoisotopic (exact) mass is 184 g/mol. The van der Waals surface area contributed by atoms with Crippen molar-refractivity contribution in [3.05, 3.63) is 0 Å². The second-order valence-electron chi connectivity index (χ2n) is 3.56. The summed E-state index contributed by atoms with van der Waals surface area (Å²) < 4.78 is 4.90. The van der Waals surface area contributed by atoms with Crippen molar-refractivity contribution in [2.24, 2.45) is 11.3 Å². The van der Waals surface area contributed by atoms with Crippen LogP contribution in [0.1, 0.15) is 33.6 Å². The van der Waals surface area contributed by atoms with Crippen LogP contribution < -0.4 is 0 Å². The Morgan fingerprint density at radius 2 is 2.08 bits per heavy atom. The summed E-state index contributed by atoms with van der Waals surface area (Å²) in [7, 11) is 0. The van der Waals surface area contributed by atoms with E-state index in [4.69, 9.17) is 4.74 Å². The third-order valence-corrected chi connectivity index (χ3v) is 2.87. The number of carbonyl (C=O) groups is 2. The molecule has 0 saturated heterocycles. The van der Waals surface area contributed by atoms with Crippen LogP contribution in [0.25, 0.3) is 0 Å². The first-order valence-corrected chi connectivity index (χ1v) is 4.77. The van der Waals surface area contributed by atoms with Crippen LogP contribution in [0, 0.1) is 11.3 Å². The van der Waals surface area contributed by atoms with E-state index in [0.29, 0.717) is 13.0 Å². The highest BCUT2D eigenvalue weighted by atomic mass is 16.5. The van der Waals surface area contributed by atoms with Gasteiger partial charge in [0.25, 0.3) is 0 Å². The summed E-state index contributed by atoms with van der Waals surface area (Å²) in [5.74, 6) is -0.156. The van der Waals surface area contributed by atoms with Gasteiger partial charge < -0.3 is 4.74 Å². The number of ketones is 1. The highest BCUT2D eigenvalue weighted by Crippen LogP contribution is 2.55. The molecule has 2 atom stereocenters. The van der Waals surface area contributed by atoms with Gasteiger partial charge in [-0.1, -0.05) is 13.3 Å². The molecule has 2 unspecified atom stereocenters. The van der Waals surface area contributed by atoms with E-state index in [-0.39, 0.29) is 17.7 Å². The minimum Gasteiger partial charge on any atom is -0.465 e. The topological polar surface area (TPSA) is 43.4 Å². The molecule has 1 saturated carbocycles. The minimum atomic E-state index is -0.773. The normalized spacial score (nSPS) is 31.2. The molecule has 13 heavy (non-hydrogen) atoms. The molecule has 0 heterocycles. The van der Waals surface area contributed by atoms with Crippen molar-refractivity contribution in [1.82, 2.24) is 0 Å². The molecule has 0 amide bonds. The number of Topliss-reactive ketones (excluding diaryl/α,β-unsaturated/α-hetero) is 1. The zero-order valence-electron chi connectivity index (χ0n) is 8.42. The van der Waals surface area contributed by atoms with Gasteiger partial charge in [0.2, 0.25) is 0 Å². The standard InChI is InChI=1S/C10H16O3/c1-4-8-6-10(8,7(3)11)9(12)13-5-2/h8H,4-6H2,1-3H3. The highest BCUT2D eigenvalue weighted by molar-refractivity contribution is 6.06. The number of ether oxygens (including phenoxy) is 1. The van der Waals surface area contributed by atoms with E-state index in [1.165, 1.54) is 6.92 Å². The van der Waals surface area contributed by atoms with Crippen molar-refractivity contribution >= 4 is 11.8 Å². The summed E-state index contributed by atoms with van der Waals surface area (Å²) >= 11 is 0. The molecule has 3 nitrogen and oxygen atoms in total. The molecule has 1 aliphatic rings. The van der Waals surface area contributed by atoms with E-state index < -0.39 is 5.41 Å². The minimum absolute atomic E-state index is 0.0437. The van der Waals surface area contributed by atoms with Crippen molar-refractivity contribution in [2.45, 2.75) is 33.6 Å². The molecule has 0 spiro atoms. The Morgan fingerprint density at radius 1 is 1.46 bits per heavy atom. The smallest absolute Gasteiger partial charge is 0.319 e. The first-order valence-electron chi connectivity index (χ1n) is 4.77. The van der Waals surface area contributed by atoms with E-state index in [0.717, 1.165) is 6.42 Å². The second kappa shape index (κ2) is 3.48. The first-order chi connectivity index (χ1) is 6.09. The maximum atomic E-state index is 11.5. The average molecular weight is 184 g/mol. The molecule has 0 aromatic carbocycles. The number of rotatable bonds is 4. The maximum Gasteiger partial charge on any atom is 0.319 e. The Hall–Kier alpha value is -0.860. The van der Waals surface area contributed by atoms with Gasteiger partial charge in [-0.15, -0.1) is 0 Å². The Balaban J connectivity index is 2.72. The summed E-state index contributed by atoms with van der Waals surface area (Å²) in [4.78, 5) is 22.8. The largest absolute Gasteiger partial charge is 0.465 e. The lowest BCUT2D eigenvalue weighted by molar-refractivity contribution is -0.153. The summed E-state index contributed by atoms with van der Waals surface area (Å²) in [5, 5.41) is 0. The fraction of sp³-hybridized carbons (Fsp3) is 0.800. The van der Waals surface area contributed by atoms with Gasteiger partial charge in [0.1, 0.15) is 11.2 Å². The van der Waals surface area contributed by atoms with Crippen molar-refractivity contribution in [1.29, 1.82) is 0 Å². The van der Waals surface area contributed by atoms with Gasteiger partial charge in [-0.2, -0.15) is 0 Å². The van der Waals surface area contributed by atoms with Crippen molar-refractivity contribution < 1.29 is 14.3 Å². The lowest BCUT2D eigenvalue weighted by Gasteiger charge is -2.11. The van der Waals surface area contributed by atoms with Gasteiger partial charge in [0.15, 0.2) is 0 Å². The van der Waals surface area contributed by atoms with E-state index in [9.17, 15) is 9.59 Å². The van der Waals surface area contributed by atoms with Crippen LogP contribution in [0.2, 0.25) is 0 Å².